The maximum atomic E-state index is 12.0. The predicted molar refractivity (Wildman–Crippen MR) is 83.5 cm³/mol. The molecule has 116 valence electrons. The van der Waals surface area contributed by atoms with Crippen LogP contribution in [-0.2, 0) is 4.74 Å². The molecule has 0 unspecified atom stereocenters. The van der Waals surface area contributed by atoms with Crippen molar-refractivity contribution in [3.63, 3.8) is 0 Å². The van der Waals surface area contributed by atoms with Crippen molar-refractivity contribution in [2.24, 2.45) is 0 Å². The summed E-state index contributed by atoms with van der Waals surface area (Å²) in [6.45, 7) is 3.91. The summed E-state index contributed by atoms with van der Waals surface area (Å²) in [5.74, 6) is -0.0838. The fourth-order valence-electron chi connectivity index (χ4n) is 1.68. The molecule has 0 saturated heterocycles. The molecule has 2 rings (SSSR count). The number of hydrogen-bond acceptors (Lipinski definition) is 6. The van der Waals surface area contributed by atoms with Crippen molar-refractivity contribution in [1.29, 1.82) is 0 Å². The summed E-state index contributed by atoms with van der Waals surface area (Å²) in [5.41, 5.74) is 0.782. The maximum Gasteiger partial charge on any atom is 0.417 e. The van der Waals surface area contributed by atoms with Gasteiger partial charge in [-0.2, -0.15) is 4.37 Å². The van der Waals surface area contributed by atoms with Crippen molar-refractivity contribution in [2.45, 2.75) is 20.3 Å². The van der Waals surface area contributed by atoms with Gasteiger partial charge in [-0.15, -0.1) is 0 Å². The van der Waals surface area contributed by atoms with Gasteiger partial charge in [-0.1, -0.05) is 25.1 Å². The summed E-state index contributed by atoms with van der Waals surface area (Å²) < 4.78 is 14.3. The summed E-state index contributed by atoms with van der Waals surface area (Å²) in [6.07, 6.45) is 0.0423. The van der Waals surface area contributed by atoms with Crippen LogP contribution in [0.5, 0.6) is 5.75 Å². The first-order valence-electron chi connectivity index (χ1n) is 6.79. The summed E-state index contributed by atoms with van der Waals surface area (Å²) in [5, 5.41) is 2.85. The highest BCUT2D eigenvalue weighted by Gasteiger charge is 2.21. The molecule has 0 spiro atoms. The molecule has 6 nitrogen and oxygen atoms in total. The number of nitrogens with one attached hydrogen (secondary N) is 1. The SMILES string of the molecule is CCCOC(=O)c1c(C)nsc1NC(=O)Oc1ccccc1. The number of benzene rings is 1. The average molecular weight is 320 g/mol. The van der Waals surface area contributed by atoms with E-state index in [9.17, 15) is 9.59 Å². The zero-order valence-electron chi connectivity index (χ0n) is 12.3. The van der Waals surface area contributed by atoms with E-state index in [4.69, 9.17) is 9.47 Å². The summed E-state index contributed by atoms with van der Waals surface area (Å²) >= 11 is 1.01. The quantitative estimate of drug-likeness (QED) is 0.851. The van der Waals surface area contributed by atoms with Crippen LogP contribution >= 0.6 is 11.5 Å². The lowest BCUT2D eigenvalue weighted by molar-refractivity contribution is 0.0505. The molecule has 0 bridgehead atoms. The summed E-state index contributed by atoms with van der Waals surface area (Å²) in [4.78, 5) is 23.9. The lowest BCUT2D eigenvalue weighted by Gasteiger charge is -2.07. The number of carbonyl (C=O) groups is 2. The van der Waals surface area contributed by atoms with Gasteiger partial charge in [0, 0.05) is 0 Å². The second-order valence-corrected chi connectivity index (χ2v) is 5.21. The van der Waals surface area contributed by atoms with Gasteiger partial charge in [0.05, 0.1) is 12.3 Å². The zero-order chi connectivity index (χ0) is 15.9. The minimum atomic E-state index is -0.681. The molecule has 1 aromatic carbocycles. The number of rotatable bonds is 5. The van der Waals surface area contributed by atoms with E-state index in [1.165, 1.54) is 0 Å². The molecule has 22 heavy (non-hydrogen) atoms. The third-order valence-corrected chi connectivity index (χ3v) is 3.53. The summed E-state index contributed by atoms with van der Waals surface area (Å²) in [6, 6.07) is 8.65. The van der Waals surface area contributed by atoms with E-state index in [-0.39, 0.29) is 5.56 Å². The molecule has 1 amide bonds. The van der Waals surface area contributed by atoms with Crippen LogP contribution in [0.25, 0.3) is 0 Å². The Bertz CT molecular complexity index is 655. The van der Waals surface area contributed by atoms with Crippen LogP contribution in [-0.4, -0.2) is 23.0 Å². The molecular formula is C15H16N2O4S. The van der Waals surface area contributed by atoms with Crippen molar-refractivity contribution in [2.75, 3.05) is 11.9 Å². The Morgan fingerprint density at radius 2 is 2.00 bits per heavy atom. The Morgan fingerprint density at radius 1 is 1.27 bits per heavy atom. The van der Waals surface area contributed by atoms with Crippen LogP contribution in [0.3, 0.4) is 0 Å². The van der Waals surface area contributed by atoms with Crippen LogP contribution in [0, 0.1) is 6.92 Å². The number of amides is 1. The number of ether oxygens (including phenoxy) is 2. The largest absolute Gasteiger partial charge is 0.462 e. The van der Waals surface area contributed by atoms with Gasteiger partial charge < -0.3 is 9.47 Å². The molecule has 0 atom stereocenters. The van der Waals surface area contributed by atoms with Crippen LogP contribution in [0.4, 0.5) is 9.80 Å². The highest BCUT2D eigenvalue weighted by molar-refractivity contribution is 7.11. The van der Waals surface area contributed by atoms with Gasteiger partial charge in [-0.05, 0) is 37.0 Å². The van der Waals surface area contributed by atoms with Gasteiger partial charge >= 0.3 is 12.1 Å². The zero-order valence-corrected chi connectivity index (χ0v) is 13.1. The Hall–Kier alpha value is -2.41. The van der Waals surface area contributed by atoms with Gasteiger partial charge in [0.2, 0.25) is 0 Å². The van der Waals surface area contributed by atoms with Crippen molar-refractivity contribution >= 4 is 28.6 Å². The van der Waals surface area contributed by atoms with Crippen LogP contribution in [0.2, 0.25) is 0 Å². The van der Waals surface area contributed by atoms with Crippen molar-refractivity contribution in [3.8, 4) is 5.75 Å². The van der Waals surface area contributed by atoms with Gasteiger partial charge in [-0.3, -0.25) is 5.32 Å². The summed E-state index contributed by atoms with van der Waals surface area (Å²) in [7, 11) is 0. The minimum absolute atomic E-state index is 0.267. The Morgan fingerprint density at radius 3 is 2.68 bits per heavy atom. The predicted octanol–water partition coefficient (Wildman–Crippen LogP) is 3.63. The molecule has 1 aromatic heterocycles. The minimum Gasteiger partial charge on any atom is -0.462 e. The monoisotopic (exact) mass is 320 g/mol. The molecule has 0 fully saturated rings. The van der Waals surface area contributed by atoms with Crippen molar-refractivity contribution < 1.29 is 19.1 Å². The topological polar surface area (TPSA) is 77.5 Å². The number of anilines is 1. The first-order valence-corrected chi connectivity index (χ1v) is 7.56. The van der Waals surface area contributed by atoms with Gasteiger partial charge in [-0.25, -0.2) is 9.59 Å². The molecule has 0 saturated carbocycles. The van der Waals surface area contributed by atoms with E-state index in [1.54, 1.807) is 31.2 Å². The fourth-order valence-corrected chi connectivity index (χ4v) is 2.45. The molecule has 1 heterocycles. The number of para-hydroxylation sites is 1. The van der Waals surface area contributed by atoms with Crippen LogP contribution < -0.4 is 10.1 Å². The molecule has 0 aliphatic rings. The Balaban J connectivity index is 2.06. The van der Waals surface area contributed by atoms with E-state index in [0.29, 0.717) is 23.1 Å². The molecule has 1 N–H and O–H groups in total. The average Bonchev–Trinajstić information content (AvgIpc) is 2.86. The lowest BCUT2D eigenvalue weighted by Crippen LogP contribution is -2.18. The third kappa shape index (κ3) is 4.05. The van der Waals surface area contributed by atoms with E-state index in [2.05, 4.69) is 9.69 Å². The number of hydrogen-bond donors (Lipinski definition) is 1. The Labute approximate surface area is 132 Å². The third-order valence-electron chi connectivity index (χ3n) is 2.67. The first-order chi connectivity index (χ1) is 10.6. The van der Waals surface area contributed by atoms with E-state index in [0.717, 1.165) is 18.0 Å². The molecule has 0 aliphatic carbocycles. The normalized spacial score (nSPS) is 10.1. The van der Waals surface area contributed by atoms with E-state index < -0.39 is 12.1 Å². The molecular weight excluding hydrogens is 304 g/mol. The second kappa shape index (κ2) is 7.56. The number of esters is 1. The number of aryl methyl sites for hydroxylation is 1. The fraction of sp³-hybridized carbons (Fsp3) is 0.267. The van der Waals surface area contributed by atoms with Gasteiger partial charge in [0.15, 0.2) is 0 Å². The number of carbonyl (C=O) groups excluding carboxylic acids is 2. The van der Waals surface area contributed by atoms with Crippen LogP contribution in [0.15, 0.2) is 30.3 Å². The molecule has 0 radical (unpaired) electrons. The standard InChI is InChI=1S/C15H16N2O4S/c1-3-9-20-14(18)12-10(2)17-22-13(12)16-15(19)21-11-7-5-4-6-8-11/h4-8H,3,9H2,1-2H3,(H,16,19). The van der Waals surface area contributed by atoms with Crippen LogP contribution in [0.1, 0.15) is 29.4 Å². The Kier molecular flexibility index (Phi) is 5.48. The molecule has 7 heteroatoms. The smallest absolute Gasteiger partial charge is 0.417 e. The molecule has 2 aromatic rings. The van der Waals surface area contributed by atoms with E-state index >= 15 is 0 Å². The molecule has 0 aliphatic heterocycles. The van der Waals surface area contributed by atoms with Crippen molar-refractivity contribution in [1.82, 2.24) is 4.37 Å². The van der Waals surface area contributed by atoms with Crippen molar-refractivity contribution in [3.05, 3.63) is 41.6 Å². The van der Waals surface area contributed by atoms with E-state index in [1.807, 2.05) is 13.0 Å². The van der Waals surface area contributed by atoms with Gasteiger partial charge in [0.25, 0.3) is 0 Å². The highest BCUT2D eigenvalue weighted by Crippen LogP contribution is 2.25. The highest BCUT2D eigenvalue weighted by atomic mass is 32.1. The number of nitrogens with zero attached hydrogens (tertiary/aromatic N) is 1. The van der Waals surface area contributed by atoms with Gasteiger partial charge in [0.1, 0.15) is 16.3 Å². The first kappa shape index (κ1) is 16.0. The second-order valence-electron chi connectivity index (χ2n) is 4.44. The lowest BCUT2D eigenvalue weighted by atomic mass is 10.2. The maximum absolute atomic E-state index is 12.0. The number of aromatic nitrogens is 1.